The third kappa shape index (κ3) is 1.95. The highest BCUT2D eigenvalue weighted by molar-refractivity contribution is 5.92. The normalized spacial score (nSPS) is 17.4. The SMILES string of the molecule is COC(=O)c1c(C2CCOCC2)n[nH]c1C. The summed E-state index contributed by atoms with van der Waals surface area (Å²) < 4.78 is 10.1. The van der Waals surface area contributed by atoms with Gasteiger partial charge in [-0.15, -0.1) is 0 Å². The summed E-state index contributed by atoms with van der Waals surface area (Å²) in [5.41, 5.74) is 2.19. The molecule has 1 aliphatic heterocycles. The van der Waals surface area contributed by atoms with Crippen molar-refractivity contribution < 1.29 is 14.3 Å². The number of nitrogens with one attached hydrogen (secondary N) is 1. The number of hydrogen-bond acceptors (Lipinski definition) is 4. The first-order valence-electron chi connectivity index (χ1n) is 5.45. The van der Waals surface area contributed by atoms with E-state index in [0.717, 1.165) is 37.4 Å². The predicted molar refractivity (Wildman–Crippen MR) is 57.5 cm³/mol. The number of carbonyl (C=O) groups excluding carboxylic acids is 1. The summed E-state index contributed by atoms with van der Waals surface area (Å²) in [6, 6.07) is 0. The number of H-pyrrole nitrogens is 1. The Morgan fingerprint density at radius 3 is 2.81 bits per heavy atom. The maximum atomic E-state index is 11.6. The van der Waals surface area contributed by atoms with E-state index >= 15 is 0 Å². The number of hydrogen-bond donors (Lipinski definition) is 1. The van der Waals surface area contributed by atoms with Gasteiger partial charge in [0.15, 0.2) is 0 Å². The Labute approximate surface area is 94.1 Å². The predicted octanol–water partition coefficient (Wildman–Crippen LogP) is 1.40. The Morgan fingerprint density at radius 1 is 1.50 bits per heavy atom. The molecule has 5 nitrogen and oxygen atoms in total. The zero-order valence-electron chi connectivity index (χ0n) is 9.58. The molecule has 0 spiro atoms. The summed E-state index contributed by atoms with van der Waals surface area (Å²) in [7, 11) is 1.39. The van der Waals surface area contributed by atoms with Gasteiger partial charge in [0.05, 0.1) is 12.8 Å². The van der Waals surface area contributed by atoms with E-state index in [4.69, 9.17) is 9.47 Å². The van der Waals surface area contributed by atoms with Crippen LogP contribution < -0.4 is 0 Å². The maximum absolute atomic E-state index is 11.6. The summed E-state index contributed by atoms with van der Waals surface area (Å²) in [5, 5.41) is 7.09. The average Bonchev–Trinajstić information content (AvgIpc) is 2.71. The van der Waals surface area contributed by atoms with Gasteiger partial charge in [0.1, 0.15) is 5.56 Å². The highest BCUT2D eigenvalue weighted by Crippen LogP contribution is 2.29. The molecular formula is C11H16N2O3. The minimum Gasteiger partial charge on any atom is -0.465 e. The Morgan fingerprint density at radius 2 is 2.19 bits per heavy atom. The Balaban J connectivity index is 2.29. The molecule has 2 heterocycles. The lowest BCUT2D eigenvalue weighted by atomic mass is 9.93. The number of methoxy groups -OCH3 is 1. The van der Waals surface area contributed by atoms with Crippen molar-refractivity contribution in [1.29, 1.82) is 0 Å². The van der Waals surface area contributed by atoms with Crippen molar-refractivity contribution in [2.45, 2.75) is 25.7 Å². The lowest BCUT2D eigenvalue weighted by molar-refractivity contribution is 0.0591. The van der Waals surface area contributed by atoms with Crippen molar-refractivity contribution in [2.75, 3.05) is 20.3 Å². The smallest absolute Gasteiger partial charge is 0.341 e. The first kappa shape index (κ1) is 11.1. The summed E-state index contributed by atoms with van der Waals surface area (Å²) in [6.07, 6.45) is 1.82. The molecule has 16 heavy (non-hydrogen) atoms. The quantitative estimate of drug-likeness (QED) is 0.771. The number of aryl methyl sites for hydroxylation is 1. The van der Waals surface area contributed by atoms with Gasteiger partial charge in [-0.05, 0) is 19.8 Å². The van der Waals surface area contributed by atoms with E-state index in [1.807, 2.05) is 6.92 Å². The van der Waals surface area contributed by atoms with Crippen LogP contribution in [0.5, 0.6) is 0 Å². The molecule has 0 amide bonds. The van der Waals surface area contributed by atoms with Crippen LogP contribution in [-0.2, 0) is 9.47 Å². The molecule has 0 saturated carbocycles. The second-order valence-electron chi connectivity index (χ2n) is 3.99. The number of aromatic nitrogens is 2. The highest BCUT2D eigenvalue weighted by Gasteiger charge is 2.26. The van der Waals surface area contributed by atoms with E-state index in [-0.39, 0.29) is 5.97 Å². The van der Waals surface area contributed by atoms with Gasteiger partial charge >= 0.3 is 5.97 Å². The monoisotopic (exact) mass is 224 g/mol. The van der Waals surface area contributed by atoms with Crippen molar-refractivity contribution in [3.8, 4) is 0 Å². The van der Waals surface area contributed by atoms with Crippen LogP contribution in [0.1, 0.15) is 40.5 Å². The third-order valence-corrected chi connectivity index (χ3v) is 2.97. The summed E-state index contributed by atoms with van der Waals surface area (Å²) in [6.45, 7) is 3.30. The number of rotatable bonds is 2. The first-order valence-corrected chi connectivity index (χ1v) is 5.45. The van der Waals surface area contributed by atoms with Crippen LogP contribution in [0.2, 0.25) is 0 Å². The van der Waals surface area contributed by atoms with Gasteiger partial charge in [-0.3, -0.25) is 5.10 Å². The van der Waals surface area contributed by atoms with Crippen LogP contribution in [0.3, 0.4) is 0 Å². The molecule has 0 atom stereocenters. The summed E-state index contributed by atoms with van der Waals surface area (Å²) >= 11 is 0. The molecule has 0 bridgehead atoms. The van der Waals surface area contributed by atoms with Gasteiger partial charge in [0.2, 0.25) is 0 Å². The zero-order chi connectivity index (χ0) is 11.5. The number of ether oxygens (including phenoxy) is 2. The standard InChI is InChI=1S/C11H16N2O3/c1-7-9(11(14)15-2)10(13-12-7)8-3-5-16-6-4-8/h8H,3-6H2,1-2H3,(H,12,13). The van der Waals surface area contributed by atoms with Crippen LogP contribution in [0.4, 0.5) is 0 Å². The van der Waals surface area contributed by atoms with E-state index in [2.05, 4.69) is 10.2 Å². The summed E-state index contributed by atoms with van der Waals surface area (Å²) in [5.74, 6) is -0.0134. The number of esters is 1. The van der Waals surface area contributed by atoms with Gasteiger partial charge in [0.25, 0.3) is 0 Å². The minimum absolute atomic E-state index is 0.299. The second-order valence-corrected chi connectivity index (χ2v) is 3.99. The van der Waals surface area contributed by atoms with E-state index in [1.54, 1.807) is 0 Å². The molecule has 2 rings (SSSR count). The highest BCUT2D eigenvalue weighted by atomic mass is 16.5. The lowest BCUT2D eigenvalue weighted by Gasteiger charge is -2.20. The fourth-order valence-electron chi connectivity index (χ4n) is 2.07. The molecule has 0 radical (unpaired) electrons. The van der Waals surface area contributed by atoms with Crippen LogP contribution in [0, 0.1) is 6.92 Å². The fourth-order valence-corrected chi connectivity index (χ4v) is 2.07. The van der Waals surface area contributed by atoms with Gasteiger partial charge in [-0.2, -0.15) is 5.10 Å². The van der Waals surface area contributed by atoms with Gasteiger partial charge in [-0.1, -0.05) is 0 Å². The number of carbonyl (C=O) groups is 1. The van der Waals surface area contributed by atoms with Crippen molar-refractivity contribution in [2.24, 2.45) is 0 Å². The first-order chi connectivity index (χ1) is 7.74. The van der Waals surface area contributed by atoms with Crippen molar-refractivity contribution in [1.82, 2.24) is 10.2 Å². The van der Waals surface area contributed by atoms with E-state index in [9.17, 15) is 4.79 Å². The van der Waals surface area contributed by atoms with E-state index < -0.39 is 0 Å². The number of aromatic amines is 1. The van der Waals surface area contributed by atoms with Gasteiger partial charge in [0, 0.05) is 24.8 Å². The minimum atomic E-state index is -0.312. The van der Waals surface area contributed by atoms with Crippen molar-refractivity contribution in [3.63, 3.8) is 0 Å². The molecule has 0 aliphatic carbocycles. The molecule has 1 N–H and O–H groups in total. The molecular weight excluding hydrogens is 208 g/mol. The molecule has 1 aliphatic rings. The zero-order valence-corrected chi connectivity index (χ0v) is 9.58. The Kier molecular flexibility index (Phi) is 3.24. The molecule has 1 aromatic heterocycles. The van der Waals surface area contributed by atoms with Crippen LogP contribution in [0.15, 0.2) is 0 Å². The van der Waals surface area contributed by atoms with Crippen molar-refractivity contribution in [3.05, 3.63) is 17.0 Å². The fraction of sp³-hybridized carbons (Fsp3) is 0.636. The molecule has 0 aromatic carbocycles. The van der Waals surface area contributed by atoms with Crippen LogP contribution >= 0.6 is 0 Å². The van der Waals surface area contributed by atoms with E-state index in [0.29, 0.717) is 11.5 Å². The molecule has 88 valence electrons. The molecule has 1 aromatic rings. The van der Waals surface area contributed by atoms with E-state index in [1.165, 1.54) is 7.11 Å². The molecule has 1 fully saturated rings. The molecule has 0 unspecified atom stereocenters. The van der Waals surface area contributed by atoms with Crippen LogP contribution in [0.25, 0.3) is 0 Å². The van der Waals surface area contributed by atoms with Crippen LogP contribution in [-0.4, -0.2) is 36.5 Å². The van der Waals surface area contributed by atoms with Gasteiger partial charge in [-0.25, -0.2) is 4.79 Å². The van der Waals surface area contributed by atoms with Gasteiger partial charge < -0.3 is 9.47 Å². The van der Waals surface area contributed by atoms with Crippen molar-refractivity contribution >= 4 is 5.97 Å². The Bertz CT molecular complexity index is 381. The second kappa shape index (κ2) is 4.65. The lowest BCUT2D eigenvalue weighted by Crippen LogP contribution is -2.17. The Hall–Kier alpha value is -1.36. The average molecular weight is 224 g/mol. The topological polar surface area (TPSA) is 64.2 Å². The summed E-state index contributed by atoms with van der Waals surface area (Å²) in [4.78, 5) is 11.6. The molecule has 5 heteroatoms. The maximum Gasteiger partial charge on any atom is 0.341 e. The number of nitrogens with zero attached hydrogens (tertiary/aromatic N) is 1. The largest absolute Gasteiger partial charge is 0.465 e. The molecule has 1 saturated heterocycles. The third-order valence-electron chi connectivity index (χ3n) is 2.97.